The highest BCUT2D eigenvalue weighted by Crippen LogP contribution is 2.03. The van der Waals surface area contributed by atoms with Gasteiger partial charge in [-0.1, -0.05) is 6.92 Å². The molecule has 0 aliphatic heterocycles. The molecule has 0 amide bonds. The van der Waals surface area contributed by atoms with Crippen LogP contribution in [0.2, 0.25) is 0 Å². The number of hydrogen-bond acceptors (Lipinski definition) is 6. The molecule has 0 unspecified atom stereocenters. The van der Waals surface area contributed by atoms with Crippen LogP contribution in [0.3, 0.4) is 0 Å². The Morgan fingerprint density at radius 2 is 1.82 bits per heavy atom. The van der Waals surface area contributed by atoms with Gasteiger partial charge in [-0.3, -0.25) is 4.18 Å². The number of hydrogen-bond donors (Lipinski definition) is 3. The second-order valence-electron chi connectivity index (χ2n) is 1.85. The molecule has 0 spiro atoms. The van der Waals surface area contributed by atoms with Crippen molar-refractivity contribution in [3.63, 3.8) is 0 Å². The van der Waals surface area contributed by atoms with E-state index in [1.54, 1.807) is 6.92 Å². The predicted octanol–water partition coefficient (Wildman–Crippen LogP) is -1.84. The lowest BCUT2D eigenvalue weighted by atomic mass is 10.5. The van der Waals surface area contributed by atoms with Crippen molar-refractivity contribution < 1.29 is 27.0 Å². The van der Waals surface area contributed by atoms with E-state index in [1.165, 1.54) is 0 Å². The molecule has 0 atom stereocenters. The summed E-state index contributed by atoms with van der Waals surface area (Å²) in [6, 6.07) is 0. The Bertz CT molecular complexity index is 202. The van der Waals surface area contributed by atoms with Gasteiger partial charge in [0.15, 0.2) is 0 Å². The largest absolute Gasteiger partial charge is 0.659 e. The van der Waals surface area contributed by atoms with Crippen LogP contribution in [0.1, 0.15) is 13.3 Å². The first kappa shape index (κ1) is 11.0. The second-order valence-corrected chi connectivity index (χ2v) is 7.28. The molecule has 0 rings (SSSR count). The normalized spacial score (nSPS) is 13.5. The number of rotatable bonds is 4. The van der Waals surface area contributed by atoms with Gasteiger partial charge in [-0.05, 0) is 6.42 Å². The van der Waals surface area contributed by atoms with E-state index in [1.807, 2.05) is 0 Å². The maximum Gasteiger partial charge on any atom is 0.659 e. The molecule has 0 aromatic carbocycles. The van der Waals surface area contributed by atoms with Crippen molar-refractivity contribution in [2.24, 2.45) is 0 Å². The Morgan fingerprint density at radius 3 is 2.09 bits per heavy atom. The van der Waals surface area contributed by atoms with Gasteiger partial charge in [0.25, 0.3) is 0 Å². The van der Waals surface area contributed by atoms with E-state index >= 15 is 0 Å². The van der Waals surface area contributed by atoms with Crippen LogP contribution in [0, 0.1) is 0 Å². The Morgan fingerprint density at radius 1 is 1.36 bits per heavy atom. The van der Waals surface area contributed by atoms with Crippen LogP contribution >= 0.6 is 0 Å². The molecule has 0 aliphatic rings. The summed E-state index contributed by atoms with van der Waals surface area (Å²) in [7, 11) is -9.73. The fraction of sp³-hybridized carbons (Fsp3) is 1.00. The van der Waals surface area contributed by atoms with Crippen molar-refractivity contribution in [3.8, 4) is 0 Å². The van der Waals surface area contributed by atoms with Crippen molar-refractivity contribution >= 4 is 17.5 Å². The molecule has 8 heteroatoms. The summed E-state index contributed by atoms with van der Waals surface area (Å²) in [6.45, 7) is 1.48. The molecule has 0 saturated carbocycles. The third kappa shape index (κ3) is 3.27. The van der Waals surface area contributed by atoms with Gasteiger partial charge in [0.2, 0.25) is 0 Å². The fourth-order valence-corrected chi connectivity index (χ4v) is 1.54. The lowest BCUT2D eigenvalue weighted by Gasteiger charge is -2.08. The Balaban J connectivity index is 4.26. The van der Waals surface area contributed by atoms with Gasteiger partial charge < -0.3 is 14.4 Å². The molecule has 0 radical (unpaired) electrons. The van der Waals surface area contributed by atoms with Gasteiger partial charge in [-0.25, -0.2) is 0 Å². The predicted molar refractivity (Wildman–Crippen MR) is 37.6 cm³/mol. The van der Waals surface area contributed by atoms with Gasteiger partial charge >= 0.3 is 17.5 Å². The Hall–Kier alpha value is 0.00688. The van der Waals surface area contributed by atoms with Crippen LogP contribution < -0.4 is 0 Å². The summed E-state index contributed by atoms with van der Waals surface area (Å²) in [4.78, 5) is 24.9. The summed E-state index contributed by atoms with van der Waals surface area (Å²) >= 11 is 0. The van der Waals surface area contributed by atoms with Crippen molar-refractivity contribution in [3.05, 3.63) is 0 Å². The molecule has 11 heavy (non-hydrogen) atoms. The van der Waals surface area contributed by atoms with Gasteiger partial charge in [0.1, 0.15) is 0 Å². The smallest absolute Gasteiger partial charge is 0.377 e. The van der Waals surface area contributed by atoms with Crippen LogP contribution in [0.5, 0.6) is 0 Å². The first-order chi connectivity index (χ1) is 4.81. The van der Waals surface area contributed by atoms with E-state index in [0.717, 1.165) is 0 Å². The summed E-state index contributed by atoms with van der Waals surface area (Å²) < 4.78 is 25.0. The van der Waals surface area contributed by atoms with Gasteiger partial charge in [0.05, 0.1) is 6.61 Å². The summed E-state index contributed by atoms with van der Waals surface area (Å²) in [6.07, 6.45) is 0.406. The molecule has 0 heterocycles. The van der Waals surface area contributed by atoms with Gasteiger partial charge in [0, 0.05) is 0 Å². The first-order valence-electron chi connectivity index (χ1n) is 2.87. The molecular formula is C3H10O6SSi. The minimum Gasteiger partial charge on any atom is -0.377 e. The van der Waals surface area contributed by atoms with Crippen LogP contribution in [-0.4, -0.2) is 37.4 Å². The van der Waals surface area contributed by atoms with E-state index in [-0.39, 0.29) is 6.61 Å². The quantitative estimate of drug-likeness (QED) is 0.463. The van der Waals surface area contributed by atoms with Crippen molar-refractivity contribution in [2.75, 3.05) is 6.61 Å². The lowest BCUT2D eigenvalue weighted by molar-refractivity contribution is 0.236. The SMILES string of the molecule is CCCOS(=O)(=O)[Si](O)(O)O. The molecule has 0 bridgehead atoms. The molecule has 0 aromatic rings. The molecular weight excluding hydrogens is 192 g/mol. The van der Waals surface area contributed by atoms with E-state index in [2.05, 4.69) is 4.18 Å². The zero-order valence-corrected chi connectivity index (χ0v) is 7.71. The average Bonchev–Trinajstić information content (AvgIpc) is 1.81. The molecule has 68 valence electrons. The third-order valence-electron chi connectivity index (χ3n) is 0.778. The summed E-state index contributed by atoms with van der Waals surface area (Å²) in [5, 5.41) is 0. The Kier molecular flexibility index (Phi) is 3.61. The third-order valence-corrected chi connectivity index (χ3v) is 4.29. The van der Waals surface area contributed by atoms with Gasteiger partial charge in [-0.2, -0.15) is 8.42 Å². The summed E-state index contributed by atoms with van der Waals surface area (Å²) in [5.41, 5.74) is 0. The van der Waals surface area contributed by atoms with E-state index in [9.17, 15) is 8.42 Å². The molecule has 0 saturated heterocycles. The van der Waals surface area contributed by atoms with Crippen LogP contribution in [0.4, 0.5) is 0 Å². The minimum absolute atomic E-state index is 0.168. The van der Waals surface area contributed by atoms with E-state index in [0.29, 0.717) is 6.42 Å². The zero-order chi connectivity index (χ0) is 9.12. The molecule has 3 N–H and O–H groups in total. The highest BCUT2D eigenvalue weighted by molar-refractivity contribution is 8.15. The maximum atomic E-state index is 10.5. The Labute approximate surface area is 65.2 Å². The van der Waals surface area contributed by atoms with Crippen molar-refractivity contribution in [1.29, 1.82) is 0 Å². The summed E-state index contributed by atoms with van der Waals surface area (Å²) in [5.74, 6) is 0. The van der Waals surface area contributed by atoms with Crippen LogP contribution in [-0.2, 0) is 13.8 Å². The monoisotopic (exact) mass is 202 g/mol. The highest BCUT2D eigenvalue weighted by atomic mass is 32.4. The van der Waals surface area contributed by atoms with E-state index in [4.69, 9.17) is 14.4 Å². The van der Waals surface area contributed by atoms with Crippen LogP contribution in [0.25, 0.3) is 0 Å². The second kappa shape index (κ2) is 3.60. The van der Waals surface area contributed by atoms with Crippen LogP contribution in [0.15, 0.2) is 0 Å². The minimum atomic E-state index is -5.17. The average molecular weight is 202 g/mol. The standard InChI is InChI=1S/C3H10O6SSi/c1-2-3-9-10(4,5)11(6,7)8/h6-8H,2-3H2,1H3. The molecule has 6 nitrogen and oxygen atoms in total. The first-order valence-corrected chi connectivity index (χ1v) is 6.85. The van der Waals surface area contributed by atoms with E-state index < -0.39 is 17.5 Å². The molecule has 0 aliphatic carbocycles. The topological polar surface area (TPSA) is 104 Å². The molecule has 0 aromatic heterocycles. The molecule has 0 fully saturated rings. The van der Waals surface area contributed by atoms with Crippen molar-refractivity contribution in [2.45, 2.75) is 13.3 Å². The van der Waals surface area contributed by atoms with Crippen molar-refractivity contribution in [1.82, 2.24) is 0 Å². The highest BCUT2D eigenvalue weighted by Gasteiger charge is 2.47. The van der Waals surface area contributed by atoms with Gasteiger partial charge in [-0.15, -0.1) is 0 Å². The fourth-order valence-electron chi connectivity index (χ4n) is 0.272. The lowest BCUT2D eigenvalue weighted by Crippen LogP contribution is -2.46. The zero-order valence-electron chi connectivity index (χ0n) is 5.89. The maximum absolute atomic E-state index is 10.5.